The highest BCUT2D eigenvalue weighted by Crippen LogP contribution is 2.36. The fourth-order valence-corrected chi connectivity index (χ4v) is 4.26. The number of carbonyl (C=O) groups excluding carboxylic acids is 5. The minimum absolute atomic E-state index is 0.116. The van der Waals surface area contributed by atoms with Crippen LogP contribution >= 0.6 is 0 Å². The normalized spacial score (nSPS) is 26.1. The zero-order chi connectivity index (χ0) is 35.4. The second-order valence-electron chi connectivity index (χ2n) is 16.1. The van der Waals surface area contributed by atoms with Gasteiger partial charge in [0, 0.05) is 18.5 Å². The van der Waals surface area contributed by atoms with E-state index in [4.69, 9.17) is 23.7 Å². The lowest BCUT2D eigenvalue weighted by molar-refractivity contribution is -0.278. The number of hydrogen-bond donors (Lipinski definition) is 0. The zero-order valence-electron chi connectivity index (χ0n) is 29.9. The Labute approximate surface area is 274 Å². The van der Waals surface area contributed by atoms with E-state index >= 15 is 0 Å². The molecule has 0 N–H and O–H groups in total. The monoisotopic (exact) mass is 649 g/mol. The van der Waals surface area contributed by atoms with Crippen LogP contribution in [0.2, 0.25) is 0 Å². The topological polar surface area (TPSA) is 135 Å². The Morgan fingerprint density at radius 3 is 1.65 bits per heavy atom. The molecule has 6 atom stereocenters. The van der Waals surface area contributed by atoms with Gasteiger partial charge in [0.1, 0.15) is 12.7 Å². The van der Waals surface area contributed by atoms with Crippen molar-refractivity contribution in [2.45, 2.75) is 133 Å². The van der Waals surface area contributed by atoms with E-state index in [0.717, 1.165) is 6.42 Å². The summed E-state index contributed by atoms with van der Waals surface area (Å²) in [4.78, 5) is 68.0. The lowest BCUT2D eigenvalue weighted by atomic mass is 9.91. The quantitative estimate of drug-likeness (QED) is 0.188. The number of nitrogens with zero attached hydrogens (tertiary/aromatic N) is 1. The van der Waals surface area contributed by atoms with Gasteiger partial charge in [-0.1, -0.05) is 25.2 Å². The predicted molar refractivity (Wildman–Crippen MR) is 171 cm³/mol. The van der Waals surface area contributed by atoms with Gasteiger partial charge in [-0.15, -0.1) is 0 Å². The molecule has 2 heterocycles. The molecule has 0 aromatic heterocycles. The summed E-state index contributed by atoms with van der Waals surface area (Å²) in [5, 5.41) is 0. The summed E-state index contributed by atoms with van der Waals surface area (Å²) in [5.74, 6) is -2.99. The molecule has 0 unspecified atom stereocenters. The second-order valence-corrected chi connectivity index (χ2v) is 16.1. The number of amides is 1. The first-order chi connectivity index (χ1) is 20.9. The summed E-state index contributed by atoms with van der Waals surface area (Å²) in [6.45, 7) is 21.6. The fourth-order valence-electron chi connectivity index (χ4n) is 4.26. The third-order valence-electron chi connectivity index (χ3n) is 7.25. The smallest absolute Gasteiger partial charge is 0.311 e. The molecule has 2 aliphatic rings. The molecule has 11 nitrogen and oxygen atoms in total. The van der Waals surface area contributed by atoms with Crippen LogP contribution < -0.4 is 0 Å². The van der Waals surface area contributed by atoms with E-state index in [9.17, 15) is 24.0 Å². The van der Waals surface area contributed by atoms with Gasteiger partial charge in [0.2, 0.25) is 5.91 Å². The summed E-state index contributed by atoms with van der Waals surface area (Å²) >= 11 is 0. The fraction of sp³-hybridized carbons (Fsp3) is 0.743. The van der Waals surface area contributed by atoms with E-state index in [1.807, 2.05) is 25.2 Å². The minimum Gasteiger partial charge on any atom is -0.462 e. The molecule has 0 aliphatic carbocycles. The summed E-state index contributed by atoms with van der Waals surface area (Å²) in [5.41, 5.74) is -3.83. The van der Waals surface area contributed by atoms with Gasteiger partial charge < -0.3 is 23.7 Å². The first-order valence-corrected chi connectivity index (χ1v) is 16.0. The summed E-state index contributed by atoms with van der Waals surface area (Å²) < 4.78 is 30.1. The Morgan fingerprint density at radius 1 is 0.761 bits per heavy atom. The van der Waals surface area contributed by atoms with E-state index in [-0.39, 0.29) is 18.2 Å². The van der Waals surface area contributed by atoms with Crippen molar-refractivity contribution in [2.75, 3.05) is 6.61 Å². The lowest BCUT2D eigenvalue weighted by Gasteiger charge is -2.48. The van der Waals surface area contributed by atoms with Gasteiger partial charge in [0.25, 0.3) is 0 Å². The largest absolute Gasteiger partial charge is 0.462 e. The third kappa shape index (κ3) is 10.4. The summed E-state index contributed by atoms with van der Waals surface area (Å²) in [7, 11) is 0. The van der Waals surface area contributed by atoms with Crippen LogP contribution in [0.4, 0.5) is 0 Å². The maximum absolute atomic E-state index is 13.6. The molecule has 0 aromatic carbocycles. The van der Waals surface area contributed by atoms with E-state index in [0.29, 0.717) is 0 Å². The lowest BCUT2D eigenvalue weighted by Crippen LogP contribution is -2.67. The molecule has 2 rings (SSSR count). The van der Waals surface area contributed by atoms with Crippen molar-refractivity contribution in [1.82, 2.24) is 4.90 Å². The molecular weight excluding hydrogens is 594 g/mol. The minimum atomic E-state index is -1.43. The highest BCUT2D eigenvalue weighted by molar-refractivity contribution is 5.80. The molecule has 0 bridgehead atoms. The van der Waals surface area contributed by atoms with Crippen LogP contribution in [0.25, 0.3) is 0 Å². The standard InChI is InChI=1S/C35H55NO10/c1-14-15-16-21-17-18-36(23(37)19-21)27-26(46-31(41)35(11,12)13)25(45-30(40)34(8,9)10)24(44-29(39)33(5,6)7)22(43-27)20-42-28(38)32(2,3)4/h15-18,21-22,24-27H,14,19-20H2,1-13H3/b16-15+/t21-,22+,24-,25-,26+,27+/m0/s1. The van der Waals surface area contributed by atoms with Gasteiger partial charge in [0.15, 0.2) is 24.5 Å². The van der Waals surface area contributed by atoms with Crippen molar-refractivity contribution in [2.24, 2.45) is 27.6 Å². The maximum atomic E-state index is 13.6. The van der Waals surface area contributed by atoms with Crippen LogP contribution in [0, 0.1) is 27.6 Å². The van der Waals surface area contributed by atoms with Crippen LogP contribution in [-0.2, 0) is 47.7 Å². The predicted octanol–water partition coefficient (Wildman–Crippen LogP) is 5.50. The Balaban J connectivity index is 2.77. The Morgan fingerprint density at radius 2 is 1.22 bits per heavy atom. The van der Waals surface area contributed by atoms with Crippen molar-refractivity contribution in [3.05, 3.63) is 24.4 Å². The highest BCUT2D eigenvalue weighted by atomic mass is 16.7. The van der Waals surface area contributed by atoms with Crippen molar-refractivity contribution in [3.63, 3.8) is 0 Å². The molecule has 0 radical (unpaired) electrons. The van der Waals surface area contributed by atoms with Gasteiger partial charge >= 0.3 is 23.9 Å². The van der Waals surface area contributed by atoms with Crippen molar-refractivity contribution in [3.8, 4) is 0 Å². The first kappa shape index (κ1) is 39.0. The van der Waals surface area contributed by atoms with E-state index in [1.165, 1.54) is 4.90 Å². The Hall–Kier alpha value is -3.21. The van der Waals surface area contributed by atoms with E-state index in [1.54, 1.807) is 89.3 Å². The molecule has 1 amide bonds. The highest BCUT2D eigenvalue weighted by Gasteiger charge is 2.56. The van der Waals surface area contributed by atoms with E-state index in [2.05, 4.69) is 0 Å². The molecular formula is C35H55NO10. The molecule has 0 spiro atoms. The average Bonchev–Trinajstić information content (AvgIpc) is 2.90. The Kier molecular flexibility index (Phi) is 12.4. The van der Waals surface area contributed by atoms with Crippen LogP contribution in [-0.4, -0.2) is 71.9 Å². The third-order valence-corrected chi connectivity index (χ3v) is 7.25. The van der Waals surface area contributed by atoms with Gasteiger partial charge in [0.05, 0.1) is 21.7 Å². The molecule has 260 valence electrons. The molecule has 2 aliphatic heterocycles. The number of esters is 4. The van der Waals surface area contributed by atoms with Crippen molar-refractivity contribution >= 4 is 29.8 Å². The van der Waals surface area contributed by atoms with Gasteiger partial charge in [-0.25, -0.2) is 0 Å². The Bertz CT molecular complexity index is 1190. The average molecular weight is 650 g/mol. The van der Waals surface area contributed by atoms with Crippen LogP contribution in [0.1, 0.15) is 103 Å². The van der Waals surface area contributed by atoms with Crippen molar-refractivity contribution < 1.29 is 47.7 Å². The molecule has 1 saturated heterocycles. The van der Waals surface area contributed by atoms with E-state index < -0.39 is 82.8 Å². The number of ether oxygens (including phenoxy) is 5. The van der Waals surface area contributed by atoms with Gasteiger partial charge in [-0.05, 0) is 89.5 Å². The molecule has 11 heteroatoms. The molecule has 1 fully saturated rings. The van der Waals surface area contributed by atoms with Crippen molar-refractivity contribution in [1.29, 1.82) is 0 Å². The summed E-state index contributed by atoms with van der Waals surface area (Å²) in [6, 6.07) is 0. The number of hydrogen-bond acceptors (Lipinski definition) is 10. The number of rotatable bonds is 8. The SMILES string of the molecule is CC/C=C/[C@H]1C=CN([C@@H]2O[C@H](COC(=O)C(C)(C)C)[C@H](OC(=O)C(C)(C)C)[C@H](OC(=O)C(C)(C)C)[C@H]2OC(=O)C(C)(C)C)C(=O)C1. The summed E-state index contributed by atoms with van der Waals surface area (Å²) in [6.07, 6.45) is 1.49. The number of carbonyl (C=O) groups is 5. The molecule has 0 aromatic rings. The van der Waals surface area contributed by atoms with Gasteiger partial charge in [-0.3, -0.25) is 28.9 Å². The van der Waals surface area contributed by atoms with Crippen LogP contribution in [0.15, 0.2) is 24.4 Å². The molecule has 46 heavy (non-hydrogen) atoms. The van der Waals surface area contributed by atoms with Crippen LogP contribution in [0.5, 0.6) is 0 Å². The zero-order valence-corrected chi connectivity index (χ0v) is 29.9. The first-order valence-electron chi connectivity index (χ1n) is 16.0. The molecule has 0 saturated carbocycles. The van der Waals surface area contributed by atoms with Gasteiger partial charge in [-0.2, -0.15) is 0 Å². The number of allylic oxidation sites excluding steroid dienone is 3. The maximum Gasteiger partial charge on any atom is 0.311 e. The van der Waals surface area contributed by atoms with Crippen LogP contribution in [0.3, 0.4) is 0 Å². The second kappa shape index (κ2) is 14.7.